The van der Waals surface area contributed by atoms with Gasteiger partial charge in [-0.25, -0.2) is 13.2 Å². The first-order valence-electron chi connectivity index (χ1n) is 11.1. The minimum Gasteiger partial charge on any atom is -0.491 e. The predicted molar refractivity (Wildman–Crippen MR) is 118 cm³/mol. The molecule has 1 fully saturated rings. The highest BCUT2D eigenvalue weighted by atomic mass is 19.2. The SMILES string of the molecule is CCOc1ccc(C2CCC(c3ccc(-c4ccc(C)cc4)c(F)c3F)CC2)c(F)c1F. The Morgan fingerprint density at radius 3 is 1.78 bits per heavy atom. The van der Waals surface area contributed by atoms with Crippen LogP contribution in [0.15, 0.2) is 48.5 Å². The van der Waals surface area contributed by atoms with Crippen molar-refractivity contribution in [1.82, 2.24) is 0 Å². The first kappa shape index (κ1) is 22.4. The molecule has 1 nitrogen and oxygen atoms in total. The Bertz CT molecular complexity index is 1100. The van der Waals surface area contributed by atoms with Gasteiger partial charge in [0.05, 0.1) is 6.61 Å². The quantitative estimate of drug-likeness (QED) is 0.363. The number of halogens is 4. The van der Waals surface area contributed by atoms with Crippen LogP contribution in [0.5, 0.6) is 5.75 Å². The van der Waals surface area contributed by atoms with Crippen molar-refractivity contribution in [3.63, 3.8) is 0 Å². The fourth-order valence-corrected chi connectivity index (χ4v) is 4.68. The van der Waals surface area contributed by atoms with E-state index in [1.165, 1.54) is 6.07 Å². The van der Waals surface area contributed by atoms with Gasteiger partial charge in [0, 0.05) is 5.56 Å². The van der Waals surface area contributed by atoms with E-state index in [9.17, 15) is 17.6 Å². The van der Waals surface area contributed by atoms with Crippen LogP contribution in [-0.4, -0.2) is 6.61 Å². The maximum Gasteiger partial charge on any atom is 0.200 e. The maximum atomic E-state index is 15.0. The highest BCUT2D eigenvalue weighted by Crippen LogP contribution is 2.43. The summed E-state index contributed by atoms with van der Waals surface area (Å²) in [5.74, 6) is -3.89. The zero-order valence-electron chi connectivity index (χ0n) is 18.2. The summed E-state index contributed by atoms with van der Waals surface area (Å²) in [6, 6.07) is 13.6. The molecule has 0 atom stereocenters. The Hall–Kier alpha value is -2.82. The largest absolute Gasteiger partial charge is 0.491 e. The van der Waals surface area contributed by atoms with Gasteiger partial charge >= 0.3 is 0 Å². The summed E-state index contributed by atoms with van der Waals surface area (Å²) in [6.07, 6.45) is 2.32. The van der Waals surface area contributed by atoms with Crippen molar-refractivity contribution in [1.29, 1.82) is 0 Å². The normalized spacial score (nSPS) is 18.6. The molecule has 0 amide bonds. The lowest BCUT2D eigenvalue weighted by Crippen LogP contribution is -2.15. The highest BCUT2D eigenvalue weighted by molar-refractivity contribution is 5.65. The molecule has 0 saturated heterocycles. The monoisotopic (exact) mass is 442 g/mol. The third kappa shape index (κ3) is 4.25. The van der Waals surface area contributed by atoms with Crippen LogP contribution in [0.25, 0.3) is 11.1 Å². The average molecular weight is 442 g/mol. The molecular formula is C27H26F4O. The molecule has 0 N–H and O–H groups in total. The van der Waals surface area contributed by atoms with Crippen LogP contribution >= 0.6 is 0 Å². The Labute approximate surface area is 186 Å². The highest BCUT2D eigenvalue weighted by Gasteiger charge is 2.29. The van der Waals surface area contributed by atoms with Gasteiger partial charge in [0.25, 0.3) is 0 Å². The Morgan fingerprint density at radius 1 is 0.688 bits per heavy atom. The topological polar surface area (TPSA) is 9.23 Å². The molecule has 32 heavy (non-hydrogen) atoms. The van der Waals surface area contributed by atoms with Crippen molar-refractivity contribution in [2.24, 2.45) is 0 Å². The van der Waals surface area contributed by atoms with Gasteiger partial charge in [-0.05, 0) is 74.1 Å². The number of hydrogen-bond donors (Lipinski definition) is 0. The number of aryl methyl sites for hydroxylation is 1. The van der Waals surface area contributed by atoms with Gasteiger partial charge in [-0.2, -0.15) is 4.39 Å². The zero-order valence-corrected chi connectivity index (χ0v) is 18.2. The molecule has 0 aliphatic heterocycles. The van der Waals surface area contributed by atoms with Crippen molar-refractivity contribution in [2.75, 3.05) is 6.61 Å². The van der Waals surface area contributed by atoms with E-state index in [-0.39, 0.29) is 29.8 Å². The Morgan fingerprint density at radius 2 is 1.22 bits per heavy atom. The summed E-state index contributed by atoms with van der Waals surface area (Å²) in [7, 11) is 0. The van der Waals surface area contributed by atoms with Crippen molar-refractivity contribution < 1.29 is 22.3 Å². The smallest absolute Gasteiger partial charge is 0.200 e. The molecule has 0 aromatic heterocycles. The lowest BCUT2D eigenvalue weighted by atomic mass is 9.75. The average Bonchev–Trinajstić information content (AvgIpc) is 2.80. The van der Waals surface area contributed by atoms with E-state index in [0.717, 1.165) is 5.56 Å². The lowest BCUT2D eigenvalue weighted by Gasteiger charge is -2.30. The van der Waals surface area contributed by atoms with Gasteiger partial charge in [0.15, 0.2) is 23.2 Å². The molecule has 0 unspecified atom stereocenters. The minimum absolute atomic E-state index is 0.0892. The van der Waals surface area contributed by atoms with E-state index in [2.05, 4.69) is 0 Å². The van der Waals surface area contributed by atoms with Gasteiger partial charge in [-0.3, -0.25) is 0 Å². The number of rotatable bonds is 5. The van der Waals surface area contributed by atoms with Crippen molar-refractivity contribution >= 4 is 0 Å². The summed E-state index contributed by atoms with van der Waals surface area (Å²) >= 11 is 0. The fourth-order valence-electron chi connectivity index (χ4n) is 4.68. The molecule has 3 aromatic carbocycles. The third-order valence-electron chi connectivity index (χ3n) is 6.46. The standard InChI is InChI=1S/C27H26F4O/c1-3-32-23-15-14-22(26(30)27(23)31)19-10-8-18(9-11-19)21-13-12-20(24(28)25(21)29)17-6-4-16(2)5-7-17/h4-7,12-15,18-19H,3,8-11H2,1-2H3. The summed E-state index contributed by atoms with van der Waals surface area (Å²) in [4.78, 5) is 0. The number of hydrogen-bond acceptors (Lipinski definition) is 1. The summed E-state index contributed by atoms with van der Waals surface area (Å²) in [5, 5.41) is 0. The van der Waals surface area contributed by atoms with Crippen LogP contribution in [-0.2, 0) is 0 Å². The van der Waals surface area contributed by atoms with Gasteiger partial charge < -0.3 is 4.74 Å². The molecule has 168 valence electrons. The molecule has 0 radical (unpaired) electrons. The van der Waals surface area contributed by atoms with Crippen molar-refractivity contribution in [3.05, 3.63) is 88.5 Å². The van der Waals surface area contributed by atoms with Gasteiger partial charge in [-0.15, -0.1) is 0 Å². The first-order valence-corrected chi connectivity index (χ1v) is 11.1. The molecule has 1 aliphatic carbocycles. The predicted octanol–water partition coefficient (Wildman–Crippen LogP) is 8.06. The zero-order chi connectivity index (χ0) is 22.8. The van der Waals surface area contributed by atoms with E-state index >= 15 is 0 Å². The van der Waals surface area contributed by atoms with E-state index in [0.29, 0.717) is 42.4 Å². The van der Waals surface area contributed by atoms with E-state index < -0.39 is 23.3 Å². The summed E-state index contributed by atoms with van der Waals surface area (Å²) in [5.41, 5.74) is 2.61. The second-order valence-corrected chi connectivity index (χ2v) is 8.46. The molecule has 1 saturated carbocycles. The van der Waals surface area contributed by atoms with Gasteiger partial charge in [0.2, 0.25) is 5.82 Å². The molecule has 1 aliphatic rings. The molecule has 0 spiro atoms. The lowest BCUT2D eigenvalue weighted by molar-refractivity contribution is 0.310. The van der Waals surface area contributed by atoms with Gasteiger partial charge in [-0.1, -0.05) is 48.0 Å². The van der Waals surface area contributed by atoms with Crippen LogP contribution < -0.4 is 4.74 Å². The van der Waals surface area contributed by atoms with Crippen LogP contribution in [0, 0.1) is 30.2 Å². The van der Waals surface area contributed by atoms with Crippen molar-refractivity contribution in [2.45, 2.75) is 51.4 Å². The fraction of sp³-hybridized carbons (Fsp3) is 0.333. The Balaban J connectivity index is 1.51. The third-order valence-corrected chi connectivity index (χ3v) is 6.46. The van der Waals surface area contributed by atoms with E-state index in [1.807, 2.05) is 19.1 Å². The molecular weight excluding hydrogens is 416 g/mol. The second-order valence-electron chi connectivity index (χ2n) is 8.46. The minimum atomic E-state index is -0.966. The van der Waals surface area contributed by atoms with E-state index in [1.54, 1.807) is 37.3 Å². The van der Waals surface area contributed by atoms with Crippen LogP contribution in [0.4, 0.5) is 17.6 Å². The van der Waals surface area contributed by atoms with Gasteiger partial charge in [0.1, 0.15) is 0 Å². The molecule has 0 heterocycles. The summed E-state index contributed by atoms with van der Waals surface area (Å²) < 4.78 is 63.8. The maximum absolute atomic E-state index is 15.0. The summed E-state index contributed by atoms with van der Waals surface area (Å²) in [6.45, 7) is 3.90. The van der Waals surface area contributed by atoms with Crippen LogP contribution in [0.1, 0.15) is 61.1 Å². The second kappa shape index (κ2) is 9.35. The van der Waals surface area contributed by atoms with E-state index in [4.69, 9.17) is 4.74 Å². The number of benzene rings is 3. The van der Waals surface area contributed by atoms with Crippen molar-refractivity contribution in [3.8, 4) is 16.9 Å². The van der Waals surface area contributed by atoms with Crippen LogP contribution in [0.2, 0.25) is 0 Å². The first-order chi connectivity index (χ1) is 15.4. The van der Waals surface area contributed by atoms with Crippen LogP contribution in [0.3, 0.4) is 0 Å². The number of ether oxygens (including phenoxy) is 1. The molecule has 0 bridgehead atoms. The molecule has 5 heteroatoms. The molecule has 3 aromatic rings. The Kier molecular flexibility index (Phi) is 6.54. The molecule has 4 rings (SSSR count).